The van der Waals surface area contributed by atoms with Crippen LogP contribution in [0.4, 0.5) is 0 Å². The zero-order chi connectivity index (χ0) is 20.3. The van der Waals surface area contributed by atoms with E-state index >= 15 is 0 Å². The van der Waals surface area contributed by atoms with E-state index in [0.717, 1.165) is 23.1 Å². The van der Waals surface area contributed by atoms with E-state index in [-0.39, 0.29) is 11.9 Å². The van der Waals surface area contributed by atoms with E-state index in [0.29, 0.717) is 23.5 Å². The lowest BCUT2D eigenvalue weighted by Crippen LogP contribution is -2.33. The van der Waals surface area contributed by atoms with Crippen molar-refractivity contribution in [2.45, 2.75) is 77.0 Å². The molecule has 1 atom stereocenters. The number of benzene rings is 1. The molecule has 1 aliphatic rings. The fourth-order valence-corrected chi connectivity index (χ4v) is 4.24. The van der Waals surface area contributed by atoms with Crippen molar-refractivity contribution in [1.29, 1.82) is 0 Å². The van der Waals surface area contributed by atoms with Gasteiger partial charge in [-0.1, -0.05) is 63.7 Å². The molecular weight excluding hydrogens is 368 g/mol. The quantitative estimate of drug-likeness (QED) is 0.608. The summed E-state index contributed by atoms with van der Waals surface area (Å²) in [6, 6.07) is 8.63. The molecule has 1 aromatic heterocycles. The Balaban J connectivity index is 1.61. The minimum Gasteiger partial charge on any atom is -0.348 e. The first kappa shape index (κ1) is 20.9. The van der Waals surface area contributed by atoms with Crippen LogP contribution < -0.4 is 5.32 Å². The van der Waals surface area contributed by atoms with Gasteiger partial charge in [0.2, 0.25) is 5.91 Å². The highest BCUT2D eigenvalue weighted by Gasteiger charge is 2.30. The molecule has 1 N–H and O–H groups in total. The van der Waals surface area contributed by atoms with Gasteiger partial charge in [0.1, 0.15) is 5.82 Å². The van der Waals surface area contributed by atoms with E-state index in [4.69, 9.17) is 0 Å². The molecule has 5 nitrogen and oxygen atoms in total. The number of thioether (sulfide) groups is 1. The number of nitrogens with zero attached hydrogens (tertiary/aromatic N) is 3. The Morgan fingerprint density at radius 2 is 1.79 bits per heavy atom. The van der Waals surface area contributed by atoms with Crippen molar-refractivity contribution in [3.05, 3.63) is 41.2 Å². The highest BCUT2D eigenvalue weighted by molar-refractivity contribution is 7.99. The zero-order valence-electron chi connectivity index (χ0n) is 17.6. The predicted octanol–water partition coefficient (Wildman–Crippen LogP) is 4.90. The summed E-state index contributed by atoms with van der Waals surface area (Å²) >= 11 is 1.48. The number of aromatic nitrogens is 3. The molecule has 0 aliphatic heterocycles. The van der Waals surface area contributed by atoms with Gasteiger partial charge in [0.25, 0.3) is 0 Å². The van der Waals surface area contributed by atoms with Gasteiger partial charge < -0.3 is 9.88 Å². The Hall–Kier alpha value is -1.82. The first-order valence-corrected chi connectivity index (χ1v) is 11.3. The second-order valence-electron chi connectivity index (χ2n) is 8.26. The van der Waals surface area contributed by atoms with Crippen LogP contribution in [0, 0.1) is 5.92 Å². The van der Waals surface area contributed by atoms with Crippen molar-refractivity contribution in [2.24, 2.45) is 5.92 Å². The molecule has 0 saturated heterocycles. The van der Waals surface area contributed by atoms with E-state index in [2.05, 4.69) is 79.0 Å². The Bertz CT molecular complexity index is 793. The van der Waals surface area contributed by atoms with Gasteiger partial charge in [0.05, 0.1) is 11.8 Å². The average Bonchev–Trinajstić information content (AvgIpc) is 3.44. The largest absolute Gasteiger partial charge is 0.348 e. The molecule has 0 spiro atoms. The van der Waals surface area contributed by atoms with Crippen molar-refractivity contribution >= 4 is 17.7 Å². The van der Waals surface area contributed by atoms with E-state index in [1.165, 1.54) is 30.2 Å². The number of nitrogens with one attached hydrogen (secondary N) is 1. The molecule has 1 amide bonds. The first-order chi connectivity index (χ1) is 13.4. The van der Waals surface area contributed by atoms with Gasteiger partial charge >= 0.3 is 0 Å². The van der Waals surface area contributed by atoms with Gasteiger partial charge in [-0.3, -0.25) is 4.79 Å². The predicted molar refractivity (Wildman–Crippen MR) is 115 cm³/mol. The summed E-state index contributed by atoms with van der Waals surface area (Å²) in [5.41, 5.74) is 2.48. The minimum atomic E-state index is 0.0142. The van der Waals surface area contributed by atoms with Crippen LogP contribution in [0.2, 0.25) is 0 Å². The molecule has 1 aromatic carbocycles. The SMILES string of the molecule is CCn1c(SCC(=O)N[C@@H](c2ccc(C(C)C)cc2)C(C)C)nnc1C1CC1. The van der Waals surface area contributed by atoms with Gasteiger partial charge in [0.15, 0.2) is 5.16 Å². The lowest BCUT2D eigenvalue weighted by molar-refractivity contribution is -0.119. The Kier molecular flexibility index (Phi) is 6.81. The molecule has 0 bridgehead atoms. The van der Waals surface area contributed by atoms with Crippen LogP contribution in [0.5, 0.6) is 0 Å². The number of amides is 1. The minimum absolute atomic E-state index is 0.0142. The highest BCUT2D eigenvalue weighted by atomic mass is 32.2. The van der Waals surface area contributed by atoms with E-state index < -0.39 is 0 Å². The third-order valence-corrected chi connectivity index (χ3v) is 6.25. The molecule has 1 heterocycles. The highest BCUT2D eigenvalue weighted by Crippen LogP contribution is 2.40. The fraction of sp³-hybridized carbons (Fsp3) is 0.591. The normalized spacial score (nSPS) is 15.2. The molecule has 28 heavy (non-hydrogen) atoms. The van der Waals surface area contributed by atoms with Crippen LogP contribution in [-0.2, 0) is 11.3 Å². The smallest absolute Gasteiger partial charge is 0.230 e. The van der Waals surface area contributed by atoms with Crippen molar-refractivity contribution in [2.75, 3.05) is 5.75 Å². The van der Waals surface area contributed by atoms with Crippen molar-refractivity contribution < 1.29 is 4.79 Å². The van der Waals surface area contributed by atoms with E-state index in [1.807, 2.05) is 0 Å². The van der Waals surface area contributed by atoms with Crippen LogP contribution in [0.15, 0.2) is 29.4 Å². The molecule has 1 saturated carbocycles. The number of hydrogen-bond acceptors (Lipinski definition) is 4. The second-order valence-corrected chi connectivity index (χ2v) is 9.20. The molecule has 6 heteroatoms. The van der Waals surface area contributed by atoms with Crippen LogP contribution in [0.25, 0.3) is 0 Å². The standard InChI is InChI=1S/C22H32N4OS/c1-6-26-21(18-11-12-18)24-25-22(26)28-13-19(27)23-20(15(4)5)17-9-7-16(8-10-17)14(2)3/h7-10,14-15,18,20H,6,11-13H2,1-5H3,(H,23,27)/t20-/m1/s1. The van der Waals surface area contributed by atoms with Crippen molar-refractivity contribution in [3.63, 3.8) is 0 Å². The topological polar surface area (TPSA) is 59.8 Å². The van der Waals surface area contributed by atoms with Gasteiger partial charge in [-0.05, 0) is 42.7 Å². The number of carbonyl (C=O) groups excluding carboxylic acids is 1. The monoisotopic (exact) mass is 400 g/mol. The van der Waals surface area contributed by atoms with Crippen LogP contribution in [-0.4, -0.2) is 26.4 Å². The summed E-state index contributed by atoms with van der Waals surface area (Å²) in [4.78, 5) is 12.6. The molecule has 0 radical (unpaired) electrons. The lowest BCUT2D eigenvalue weighted by Gasteiger charge is -2.23. The van der Waals surface area contributed by atoms with E-state index in [9.17, 15) is 4.79 Å². The summed E-state index contributed by atoms with van der Waals surface area (Å²) < 4.78 is 2.15. The Morgan fingerprint density at radius 3 is 2.32 bits per heavy atom. The zero-order valence-corrected chi connectivity index (χ0v) is 18.4. The number of hydrogen-bond donors (Lipinski definition) is 1. The first-order valence-electron chi connectivity index (χ1n) is 10.4. The molecule has 152 valence electrons. The summed E-state index contributed by atoms with van der Waals surface area (Å²) in [7, 11) is 0. The van der Waals surface area contributed by atoms with Gasteiger partial charge in [0, 0.05) is 12.5 Å². The second kappa shape index (κ2) is 9.12. The maximum Gasteiger partial charge on any atom is 0.230 e. The fourth-order valence-electron chi connectivity index (χ4n) is 3.42. The average molecular weight is 401 g/mol. The third kappa shape index (κ3) is 4.96. The molecule has 0 unspecified atom stereocenters. The van der Waals surface area contributed by atoms with Crippen LogP contribution >= 0.6 is 11.8 Å². The molecule has 2 aromatic rings. The lowest BCUT2D eigenvalue weighted by atomic mass is 9.93. The number of carbonyl (C=O) groups is 1. The van der Waals surface area contributed by atoms with Crippen LogP contribution in [0.1, 0.15) is 82.3 Å². The summed E-state index contributed by atoms with van der Waals surface area (Å²) in [5, 5.41) is 12.7. The van der Waals surface area contributed by atoms with E-state index in [1.54, 1.807) is 0 Å². The Labute approximate surface area is 172 Å². The van der Waals surface area contributed by atoms with Crippen molar-refractivity contribution in [3.8, 4) is 0 Å². The molecule has 3 rings (SSSR count). The Morgan fingerprint density at radius 1 is 1.14 bits per heavy atom. The van der Waals surface area contributed by atoms with Crippen molar-refractivity contribution in [1.82, 2.24) is 20.1 Å². The summed E-state index contributed by atoms with van der Waals surface area (Å²) in [5.74, 6) is 2.87. The van der Waals surface area contributed by atoms with Gasteiger partial charge in [-0.2, -0.15) is 0 Å². The third-order valence-electron chi connectivity index (χ3n) is 5.28. The molecule has 1 aliphatic carbocycles. The molecule has 1 fully saturated rings. The maximum atomic E-state index is 12.6. The summed E-state index contributed by atoms with van der Waals surface area (Å²) in [6.45, 7) is 11.6. The van der Waals surface area contributed by atoms with Gasteiger partial charge in [-0.25, -0.2) is 0 Å². The molecular formula is C22H32N4OS. The summed E-state index contributed by atoms with van der Waals surface area (Å²) in [6.07, 6.45) is 2.41. The van der Waals surface area contributed by atoms with Crippen LogP contribution in [0.3, 0.4) is 0 Å². The number of rotatable bonds is 9. The maximum absolute atomic E-state index is 12.6. The van der Waals surface area contributed by atoms with Gasteiger partial charge in [-0.15, -0.1) is 10.2 Å².